The second-order valence-electron chi connectivity index (χ2n) is 3.13. The lowest BCUT2D eigenvalue weighted by Gasteiger charge is -1.96. The maximum Gasteiger partial charge on any atom is 0.298 e. The molecule has 0 spiro atoms. The van der Waals surface area contributed by atoms with E-state index in [1.54, 1.807) is 11.3 Å². The Kier molecular flexibility index (Phi) is 3.15. The number of rotatable bonds is 4. The molecule has 0 amide bonds. The van der Waals surface area contributed by atoms with Crippen molar-refractivity contribution in [2.75, 3.05) is 0 Å². The van der Waals surface area contributed by atoms with Crippen molar-refractivity contribution < 1.29 is 9.53 Å². The number of hydrogen-bond donors (Lipinski definition) is 0. The van der Waals surface area contributed by atoms with E-state index in [-0.39, 0.29) is 0 Å². The first-order valence-electron chi connectivity index (χ1n) is 4.60. The van der Waals surface area contributed by atoms with Gasteiger partial charge in [-0.25, -0.2) is 0 Å². The van der Waals surface area contributed by atoms with Gasteiger partial charge in [-0.1, -0.05) is 30.3 Å². The number of carbonyl (C=O) groups is 1. The van der Waals surface area contributed by atoms with Gasteiger partial charge in [0.25, 0.3) is 6.47 Å². The van der Waals surface area contributed by atoms with Crippen molar-refractivity contribution in [1.29, 1.82) is 0 Å². The normalized spacial score (nSPS) is 9.87. The van der Waals surface area contributed by atoms with Crippen LogP contribution in [0.4, 0.5) is 0 Å². The number of thiophene rings is 1. The SMILES string of the molecule is O=COc1csc(Cc2ccccc2)c1. The molecule has 1 aromatic carbocycles. The molecule has 0 aliphatic heterocycles. The van der Waals surface area contributed by atoms with Gasteiger partial charge in [0, 0.05) is 16.7 Å². The number of ether oxygens (including phenoxy) is 1. The Morgan fingerprint density at radius 2 is 2.07 bits per heavy atom. The van der Waals surface area contributed by atoms with Crippen LogP contribution in [0.3, 0.4) is 0 Å². The summed E-state index contributed by atoms with van der Waals surface area (Å²) < 4.78 is 4.75. The lowest BCUT2D eigenvalue weighted by atomic mass is 10.1. The Hall–Kier alpha value is -1.61. The maximum absolute atomic E-state index is 10.1. The number of hydrogen-bond acceptors (Lipinski definition) is 3. The molecule has 3 heteroatoms. The zero-order valence-corrected chi connectivity index (χ0v) is 8.87. The van der Waals surface area contributed by atoms with Gasteiger partial charge < -0.3 is 4.74 Å². The molecule has 0 fully saturated rings. The van der Waals surface area contributed by atoms with Crippen LogP contribution in [0.1, 0.15) is 10.4 Å². The molecular formula is C12H10O2S. The monoisotopic (exact) mass is 218 g/mol. The Balaban J connectivity index is 2.08. The largest absolute Gasteiger partial charge is 0.428 e. The molecule has 0 unspecified atom stereocenters. The van der Waals surface area contributed by atoms with Gasteiger partial charge in [0.2, 0.25) is 0 Å². The van der Waals surface area contributed by atoms with Crippen molar-refractivity contribution in [2.24, 2.45) is 0 Å². The molecule has 1 aromatic heterocycles. The van der Waals surface area contributed by atoms with Crippen molar-refractivity contribution in [3.63, 3.8) is 0 Å². The first-order chi connectivity index (χ1) is 7.38. The van der Waals surface area contributed by atoms with Gasteiger partial charge in [0.1, 0.15) is 5.75 Å². The van der Waals surface area contributed by atoms with Crippen LogP contribution in [-0.2, 0) is 11.2 Å². The van der Waals surface area contributed by atoms with Gasteiger partial charge in [-0.05, 0) is 11.6 Å². The second kappa shape index (κ2) is 4.75. The third-order valence-corrected chi connectivity index (χ3v) is 2.95. The molecule has 0 aliphatic carbocycles. The summed E-state index contributed by atoms with van der Waals surface area (Å²) in [5.74, 6) is 0.626. The molecule has 0 N–H and O–H groups in total. The van der Waals surface area contributed by atoms with E-state index in [2.05, 4.69) is 12.1 Å². The van der Waals surface area contributed by atoms with Crippen LogP contribution >= 0.6 is 11.3 Å². The average Bonchev–Trinajstić information content (AvgIpc) is 2.68. The van der Waals surface area contributed by atoms with Crippen molar-refractivity contribution >= 4 is 17.8 Å². The van der Waals surface area contributed by atoms with Crippen LogP contribution in [0.15, 0.2) is 41.8 Å². The van der Waals surface area contributed by atoms with E-state index < -0.39 is 0 Å². The molecule has 76 valence electrons. The molecule has 1 heterocycles. The highest BCUT2D eigenvalue weighted by Gasteiger charge is 2.01. The molecule has 2 nitrogen and oxygen atoms in total. The summed E-state index contributed by atoms with van der Waals surface area (Å²) in [5, 5.41) is 1.84. The van der Waals surface area contributed by atoms with Gasteiger partial charge in [0.05, 0.1) is 0 Å². The molecule has 2 rings (SSSR count). The van der Waals surface area contributed by atoms with Crippen molar-refractivity contribution in [1.82, 2.24) is 0 Å². The third-order valence-electron chi connectivity index (χ3n) is 2.04. The van der Waals surface area contributed by atoms with Gasteiger partial charge >= 0.3 is 0 Å². The minimum absolute atomic E-state index is 0.453. The number of carbonyl (C=O) groups excluding carboxylic acids is 1. The lowest BCUT2D eigenvalue weighted by molar-refractivity contribution is -0.120. The quantitative estimate of drug-likeness (QED) is 0.737. The summed E-state index contributed by atoms with van der Waals surface area (Å²) >= 11 is 1.60. The molecule has 0 aliphatic rings. The summed E-state index contributed by atoms with van der Waals surface area (Å²) in [4.78, 5) is 11.3. The summed E-state index contributed by atoms with van der Waals surface area (Å²) in [6, 6.07) is 12.1. The highest BCUT2D eigenvalue weighted by atomic mass is 32.1. The smallest absolute Gasteiger partial charge is 0.298 e. The third kappa shape index (κ3) is 2.67. The van der Waals surface area contributed by atoms with E-state index >= 15 is 0 Å². The minimum Gasteiger partial charge on any atom is -0.428 e. The average molecular weight is 218 g/mol. The van der Waals surface area contributed by atoms with Crippen molar-refractivity contribution in [3.8, 4) is 5.75 Å². The first-order valence-corrected chi connectivity index (χ1v) is 5.48. The zero-order chi connectivity index (χ0) is 10.5. The zero-order valence-electron chi connectivity index (χ0n) is 8.05. The predicted molar refractivity (Wildman–Crippen MR) is 60.3 cm³/mol. The Labute approximate surface area is 92.1 Å². The Bertz CT molecular complexity index is 434. The van der Waals surface area contributed by atoms with Crippen LogP contribution in [-0.4, -0.2) is 6.47 Å². The fourth-order valence-electron chi connectivity index (χ4n) is 1.37. The molecule has 0 saturated heterocycles. The topological polar surface area (TPSA) is 26.3 Å². The van der Waals surface area contributed by atoms with Gasteiger partial charge in [-0.15, -0.1) is 11.3 Å². The molecule has 0 radical (unpaired) electrons. The summed E-state index contributed by atoms with van der Waals surface area (Å²) in [6.45, 7) is 0.453. The fraction of sp³-hybridized carbons (Fsp3) is 0.0833. The molecule has 0 saturated carbocycles. The highest BCUT2D eigenvalue weighted by molar-refractivity contribution is 7.10. The van der Waals surface area contributed by atoms with Crippen molar-refractivity contribution in [3.05, 3.63) is 52.2 Å². The van der Waals surface area contributed by atoms with Crippen LogP contribution < -0.4 is 4.74 Å². The van der Waals surface area contributed by atoms with Crippen LogP contribution in [0, 0.1) is 0 Å². The van der Waals surface area contributed by atoms with E-state index in [1.165, 1.54) is 10.4 Å². The molecule has 2 aromatic rings. The molecule has 0 bridgehead atoms. The second-order valence-corrected chi connectivity index (χ2v) is 4.12. The van der Waals surface area contributed by atoms with Gasteiger partial charge in [-0.3, -0.25) is 4.79 Å². The Morgan fingerprint density at radius 1 is 1.27 bits per heavy atom. The van der Waals surface area contributed by atoms with Gasteiger partial charge in [0.15, 0.2) is 0 Å². The lowest BCUT2D eigenvalue weighted by Crippen LogP contribution is -1.86. The van der Waals surface area contributed by atoms with E-state index in [0.29, 0.717) is 12.2 Å². The summed E-state index contributed by atoms with van der Waals surface area (Å²) in [5.41, 5.74) is 1.26. The molecular weight excluding hydrogens is 208 g/mol. The van der Waals surface area contributed by atoms with Crippen LogP contribution in [0.25, 0.3) is 0 Å². The highest BCUT2D eigenvalue weighted by Crippen LogP contribution is 2.23. The van der Waals surface area contributed by atoms with Gasteiger partial charge in [-0.2, -0.15) is 0 Å². The number of benzene rings is 1. The first kappa shape index (κ1) is 9.93. The fourth-order valence-corrected chi connectivity index (χ4v) is 2.19. The molecule has 0 atom stereocenters. The standard InChI is InChI=1S/C12H10O2S/c13-9-14-11-7-12(15-8-11)6-10-4-2-1-3-5-10/h1-5,7-9H,6H2. The molecule has 15 heavy (non-hydrogen) atoms. The van der Waals surface area contributed by atoms with E-state index in [0.717, 1.165) is 6.42 Å². The predicted octanol–water partition coefficient (Wildman–Crippen LogP) is 2.87. The van der Waals surface area contributed by atoms with E-state index in [1.807, 2.05) is 29.6 Å². The van der Waals surface area contributed by atoms with E-state index in [9.17, 15) is 4.79 Å². The Morgan fingerprint density at radius 3 is 2.80 bits per heavy atom. The minimum atomic E-state index is 0.453. The van der Waals surface area contributed by atoms with Crippen molar-refractivity contribution in [2.45, 2.75) is 6.42 Å². The van der Waals surface area contributed by atoms with Crippen LogP contribution in [0.5, 0.6) is 5.75 Å². The maximum atomic E-state index is 10.1. The summed E-state index contributed by atoms with van der Waals surface area (Å²) in [6.07, 6.45) is 0.883. The van der Waals surface area contributed by atoms with E-state index in [4.69, 9.17) is 4.74 Å². The summed E-state index contributed by atoms with van der Waals surface area (Å²) in [7, 11) is 0. The van der Waals surface area contributed by atoms with Crippen LogP contribution in [0.2, 0.25) is 0 Å².